The second-order valence-corrected chi connectivity index (χ2v) is 15.7. The van der Waals surface area contributed by atoms with Crippen molar-refractivity contribution in [2.45, 2.75) is 110 Å². The van der Waals surface area contributed by atoms with Gasteiger partial charge in [0.05, 0.1) is 31.4 Å². The molecule has 1 fully saturated rings. The summed E-state index contributed by atoms with van der Waals surface area (Å²) in [6, 6.07) is 15.0. The molecule has 1 saturated heterocycles. The molecular weight excluding hydrogens is 695 g/mol. The number of benzene rings is 2. The Morgan fingerprint density at radius 3 is 1.87 bits per heavy atom. The first-order chi connectivity index (χ1) is 25.3. The van der Waals surface area contributed by atoms with Crippen LogP contribution in [0.25, 0.3) is 0 Å². The molecule has 4 amide bonds. The molecule has 286 valence electrons. The third kappa shape index (κ3) is 13.2. The second kappa shape index (κ2) is 19.6. The van der Waals surface area contributed by atoms with E-state index < -0.39 is 53.4 Å². The van der Waals surface area contributed by atoms with Crippen LogP contribution in [0, 0.1) is 11.8 Å². The Bertz CT molecular complexity index is 1680. The van der Waals surface area contributed by atoms with Crippen LogP contribution in [0.15, 0.2) is 66.0 Å². The number of nitrogens with zero attached hydrogens (tertiary/aromatic N) is 1. The van der Waals surface area contributed by atoms with Gasteiger partial charge in [0.2, 0.25) is 23.6 Å². The predicted octanol–water partition coefficient (Wildman–Crippen LogP) is 3.44. The number of nitrogens with one attached hydrogen (secondary N) is 4. The number of carbonyl (C=O) groups is 5. The van der Waals surface area contributed by atoms with Gasteiger partial charge in [0.1, 0.15) is 28.7 Å². The lowest BCUT2D eigenvalue weighted by molar-refractivity contribution is -0.135. The Kier molecular flexibility index (Phi) is 15.2. The Balaban J connectivity index is 1.53. The van der Waals surface area contributed by atoms with Gasteiger partial charge in [-0.05, 0) is 55.6 Å². The number of aliphatic hydroxyl groups excluding tert-OH is 1. The molecule has 3 aromatic rings. The van der Waals surface area contributed by atoms with Gasteiger partial charge in [-0.1, -0.05) is 88.4 Å². The Hall–Kier alpha value is -4.46. The van der Waals surface area contributed by atoms with E-state index in [4.69, 9.17) is 4.74 Å². The molecule has 53 heavy (non-hydrogen) atoms. The van der Waals surface area contributed by atoms with E-state index in [0.29, 0.717) is 30.2 Å². The lowest BCUT2D eigenvalue weighted by Crippen LogP contribution is -2.59. The Labute approximate surface area is 315 Å². The van der Waals surface area contributed by atoms with Crippen LogP contribution in [0.3, 0.4) is 0 Å². The number of amides is 4. The van der Waals surface area contributed by atoms with Gasteiger partial charge in [-0.25, -0.2) is 4.98 Å². The fraction of sp³-hybridized carbons (Fsp3) is 0.500. The summed E-state index contributed by atoms with van der Waals surface area (Å²) < 4.78 is 5.40. The second-order valence-electron chi connectivity index (χ2n) is 14.7. The predicted molar refractivity (Wildman–Crippen MR) is 203 cm³/mol. The van der Waals surface area contributed by atoms with E-state index in [0.717, 1.165) is 11.1 Å². The van der Waals surface area contributed by atoms with E-state index in [2.05, 4.69) is 26.3 Å². The molecule has 1 aliphatic heterocycles. The number of ether oxygens (including phenoxy) is 1. The van der Waals surface area contributed by atoms with Crippen molar-refractivity contribution in [1.29, 1.82) is 0 Å². The van der Waals surface area contributed by atoms with E-state index in [-0.39, 0.29) is 49.9 Å². The fourth-order valence-electron chi connectivity index (χ4n) is 6.04. The molecule has 4 rings (SSSR count). The number of thiazole rings is 1. The highest BCUT2D eigenvalue weighted by Crippen LogP contribution is 2.29. The molecule has 0 aliphatic carbocycles. The van der Waals surface area contributed by atoms with Crippen molar-refractivity contribution in [2.75, 3.05) is 6.61 Å². The highest BCUT2D eigenvalue weighted by molar-refractivity contribution is 7.09. The molecule has 2 heterocycles. The highest BCUT2D eigenvalue weighted by atomic mass is 32.1. The van der Waals surface area contributed by atoms with E-state index in [1.807, 2.05) is 88.4 Å². The molecule has 5 unspecified atom stereocenters. The number of aryl methyl sites for hydroxylation is 1. The summed E-state index contributed by atoms with van der Waals surface area (Å²) in [5.74, 6) is -2.14. The van der Waals surface area contributed by atoms with Gasteiger partial charge < -0.3 is 31.1 Å². The largest absolute Gasteiger partial charge is 0.389 e. The quantitative estimate of drug-likeness (QED) is 0.103. The molecule has 0 saturated carbocycles. The molecule has 0 spiro atoms. The van der Waals surface area contributed by atoms with Crippen molar-refractivity contribution in [3.63, 3.8) is 0 Å². The third-order valence-electron chi connectivity index (χ3n) is 8.99. The van der Waals surface area contributed by atoms with Crippen molar-refractivity contribution in [3.8, 4) is 0 Å². The van der Waals surface area contributed by atoms with Crippen LogP contribution in [0.1, 0.15) is 75.7 Å². The number of hydrogen-bond acceptors (Lipinski definition) is 9. The first-order valence-electron chi connectivity index (χ1n) is 18.3. The normalized spacial score (nSPS) is 17.4. The van der Waals surface area contributed by atoms with Crippen molar-refractivity contribution >= 4 is 40.7 Å². The average Bonchev–Trinajstić information content (AvgIpc) is 3.72. The summed E-state index contributed by atoms with van der Waals surface area (Å²) in [4.78, 5) is 72.7. The Morgan fingerprint density at radius 1 is 0.774 bits per heavy atom. The number of ketones is 1. The van der Waals surface area contributed by atoms with Gasteiger partial charge in [0, 0.05) is 11.8 Å². The first kappa shape index (κ1) is 41.3. The topological polar surface area (TPSA) is 179 Å². The van der Waals surface area contributed by atoms with Gasteiger partial charge in [0.15, 0.2) is 5.78 Å². The molecule has 1 aromatic heterocycles. The van der Waals surface area contributed by atoms with Gasteiger partial charge in [-0.2, -0.15) is 0 Å². The zero-order valence-electron chi connectivity index (χ0n) is 31.2. The molecule has 2 aromatic carbocycles. The van der Waals surface area contributed by atoms with Crippen LogP contribution < -0.4 is 21.3 Å². The summed E-state index contributed by atoms with van der Waals surface area (Å²) >= 11 is 1.24. The molecular formula is C40H53N5O7S. The number of hydrogen-bond donors (Lipinski definition) is 5. The maximum absolute atomic E-state index is 14.1. The molecule has 12 nitrogen and oxygen atoms in total. The van der Waals surface area contributed by atoms with Crippen LogP contribution >= 0.6 is 11.3 Å². The number of Topliss-reactive ketones (excluding diaryl/α,β-unsaturated/α-hetero) is 1. The van der Waals surface area contributed by atoms with Crippen LogP contribution in [0.4, 0.5) is 0 Å². The first-order valence-corrected chi connectivity index (χ1v) is 19.1. The number of epoxide rings is 1. The number of rotatable bonds is 21. The number of aromatic nitrogens is 1. The van der Waals surface area contributed by atoms with Crippen LogP contribution in [0.2, 0.25) is 0 Å². The maximum Gasteiger partial charge on any atom is 0.243 e. The van der Waals surface area contributed by atoms with Gasteiger partial charge >= 0.3 is 0 Å². The number of carbonyl (C=O) groups excluding carboxylic acids is 5. The van der Waals surface area contributed by atoms with Crippen LogP contribution in [0.5, 0.6) is 0 Å². The van der Waals surface area contributed by atoms with E-state index >= 15 is 0 Å². The molecule has 13 heteroatoms. The van der Waals surface area contributed by atoms with Crippen LogP contribution in [-0.2, 0) is 54.6 Å². The fourth-order valence-corrected chi connectivity index (χ4v) is 6.69. The molecule has 5 atom stereocenters. The van der Waals surface area contributed by atoms with E-state index in [1.54, 1.807) is 12.3 Å². The smallest absolute Gasteiger partial charge is 0.243 e. The van der Waals surface area contributed by atoms with E-state index in [1.165, 1.54) is 11.3 Å². The zero-order chi connectivity index (χ0) is 38.5. The van der Waals surface area contributed by atoms with E-state index in [9.17, 15) is 29.1 Å². The van der Waals surface area contributed by atoms with Gasteiger partial charge in [-0.15, -0.1) is 11.3 Å². The van der Waals surface area contributed by atoms with Crippen molar-refractivity contribution in [1.82, 2.24) is 26.3 Å². The minimum absolute atomic E-state index is 0.0116. The van der Waals surface area contributed by atoms with Crippen molar-refractivity contribution in [3.05, 3.63) is 87.9 Å². The summed E-state index contributed by atoms with van der Waals surface area (Å²) in [6.07, 6.45) is 1.51. The standard InChI is InChI=1S/C40H53N5O7S/c1-25(2)18-31(36(48)40(5)24-52-40)43-39(51)33(20-28-14-10-7-11-15-28)45-38(50)32(19-26(3)4)44-37(49)30(17-16-27-12-8-6-9-13-27)42-34(47)21-29-23-53-35(22-46)41-29/h6-15,23,25-26,30-33,46H,16-22,24H2,1-5H3,(H,42,47)(H,43,51)(H,44,49)(H,45,50). The number of aliphatic hydroxyl groups is 1. The zero-order valence-corrected chi connectivity index (χ0v) is 32.0. The summed E-state index contributed by atoms with van der Waals surface area (Å²) in [5.41, 5.74) is 1.33. The minimum atomic E-state index is -1.05. The lowest BCUT2D eigenvalue weighted by Gasteiger charge is -2.28. The summed E-state index contributed by atoms with van der Waals surface area (Å²) in [7, 11) is 0. The third-order valence-corrected chi connectivity index (χ3v) is 9.87. The average molecular weight is 748 g/mol. The van der Waals surface area contributed by atoms with Crippen molar-refractivity contribution < 1.29 is 33.8 Å². The van der Waals surface area contributed by atoms with Crippen LogP contribution in [-0.4, -0.2) is 75.9 Å². The monoisotopic (exact) mass is 747 g/mol. The minimum Gasteiger partial charge on any atom is -0.389 e. The molecule has 5 N–H and O–H groups in total. The molecule has 0 radical (unpaired) electrons. The maximum atomic E-state index is 14.1. The summed E-state index contributed by atoms with van der Waals surface area (Å²) in [5, 5.41) is 23.0. The molecule has 0 bridgehead atoms. The Morgan fingerprint density at radius 2 is 1.30 bits per heavy atom. The molecule has 1 aliphatic rings. The SMILES string of the molecule is CC(C)CC(NC(=O)C(CCc1ccccc1)NC(=O)Cc1csc(CO)n1)C(=O)NC(Cc1ccccc1)C(=O)NC(CC(C)C)C(=O)C1(C)CO1. The highest BCUT2D eigenvalue weighted by Gasteiger charge is 2.50. The lowest BCUT2D eigenvalue weighted by atomic mass is 9.93. The summed E-state index contributed by atoms with van der Waals surface area (Å²) in [6.45, 7) is 9.54. The van der Waals surface area contributed by atoms with Crippen molar-refractivity contribution in [2.24, 2.45) is 11.8 Å². The van der Waals surface area contributed by atoms with Gasteiger partial charge in [-0.3, -0.25) is 24.0 Å². The van der Waals surface area contributed by atoms with Gasteiger partial charge in [0.25, 0.3) is 0 Å².